The number of carbonyl (C=O) groups excluding carboxylic acids is 1. The van der Waals surface area contributed by atoms with E-state index in [0.29, 0.717) is 6.42 Å². The molecule has 4 nitrogen and oxygen atoms in total. The lowest BCUT2D eigenvalue weighted by atomic mass is 10.0. The van der Waals surface area contributed by atoms with Crippen LogP contribution >= 0.6 is 34.7 Å². The number of fused-ring (bicyclic) bond motifs is 1. The minimum atomic E-state index is -0.179. The van der Waals surface area contributed by atoms with Crippen molar-refractivity contribution in [3.8, 4) is 11.1 Å². The summed E-state index contributed by atoms with van der Waals surface area (Å²) < 4.78 is 4.68. The Labute approximate surface area is 159 Å². The van der Waals surface area contributed by atoms with Crippen molar-refractivity contribution in [2.45, 2.75) is 24.8 Å². The van der Waals surface area contributed by atoms with Crippen molar-refractivity contribution in [2.75, 3.05) is 12.9 Å². The van der Waals surface area contributed by atoms with Crippen LogP contribution in [0.3, 0.4) is 0 Å². The molecule has 0 atom stereocenters. The molecule has 0 N–H and O–H groups in total. The van der Waals surface area contributed by atoms with E-state index in [1.165, 1.54) is 12.0 Å². The number of hydrogen-bond donors (Lipinski definition) is 0. The number of hydrogen-bond acceptors (Lipinski definition) is 6. The van der Waals surface area contributed by atoms with Crippen molar-refractivity contribution < 1.29 is 9.53 Å². The maximum atomic E-state index is 11.2. The van der Waals surface area contributed by atoms with Crippen LogP contribution in [0.4, 0.5) is 0 Å². The Morgan fingerprint density at radius 2 is 2.04 bits per heavy atom. The molecule has 0 aliphatic heterocycles. The van der Waals surface area contributed by atoms with E-state index >= 15 is 0 Å². The molecule has 2 aromatic heterocycles. The molecule has 130 valence electrons. The second-order valence-electron chi connectivity index (χ2n) is 5.43. The highest BCUT2D eigenvalue weighted by Crippen LogP contribution is 2.41. The summed E-state index contributed by atoms with van der Waals surface area (Å²) in [7, 11) is 1.41. The number of aryl methyl sites for hydroxylation is 1. The van der Waals surface area contributed by atoms with E-state index in [2.05, 4.69) is 21.6 Å². The van der Waals surface area contributed by atoms with E-state index < -0.39 is 0 Å². The standard InChI is InChI=1S/C18H17ClN2O2S2/c1-11-15(12-5-7-13(19)8-6-12)16-17(20-10-21-18(16)25-11)24-9-3-4-14(22)23-2/h5-8,10H,3-4,9H2,1-2H3. The highest BCUT2D eigenvalue weighted by Gasteiger charge is 2.17. The Kier molecular flexibility index (Phi) is 5.93. The Balaban J connectivity index is 1.91. The van der Waals surface area contributed by atoms with Crippen LogP contribution < -0.4 is 0 Å². The fourth-order valence-corrected chi connectivity index (χ4v) is 4.73. The first-order valence-corrected chi connectivity index (χ1v) is 9.98. The number of halogens is 1. The number of rotatable bonds is 6. The number of thiophene rings is 1. The zero-order chi connectivity index (χ0) is 17.8. The summed E-state index contributed by atoms with van der Waals surface area (Å²) in [5.74, 6) is 0.623. The van der Waals surface area contributed by atoms with Crippen LogP contribution in [0, 0.1) is 6.92 Å². The van der Waals surface area contributed by atoms with Gasteiger partial charge in [-0.2, -0.15) is 0 Å². The molecule has 0 bridgehead atoms. The second kappa shape index (κ2) is 8.17. The van der Waals surface area contributed by atoms with Crippen molar-refractivity contribution in [3.63, 3.8) is 0 Å². The molecule has 1 aromatic carbocycles. The maximum Gasteiger partial charge on any atom is 0.305 e. The van der Waals surface area contributed by atoms with Gasteiger partial charge in [-0.15, -0.1) is 23.1 Å². The first-order valence-electron chi connectivity index (χ1n) is 7.80. The number of aromatic nitrogens is 2. The summed E-state index contributed by atoms with van der Waals surface area (Å²) in [5.41, 5.74) is 2.27. The molecular formula is C18H17ClN2O2S2. The molecule has 25 heavy (non-hydrogen) atoms. The SMILES string of the molecule is COC(=O)CCCSc1ncnc2sc(C)c(-c3ccc(Cl)cc3)c12. The van der Waals surface area contributed by atoms with E-state index in [0.717, 1.165) is 43.6 Å². The topological polar surface area (TPSA) is 52.1 Å². The summed E-state index contributed by atoms with van der Waals surface area (Å²) in [5, 5.41) is 2.74. The zero-order valence-corrected chi connectivity index (χ0v) is 16.3. The molecule has 7 heteroatoms. The summed E-state index contributed by atoms with van der Waals surface area (Å²) >= 11 is 9.34. The summed E-state index contributed by atoms with van der Waals surface area (Å²) in [6.45, 7) is 2.10. The largest absolute Gasteiger partial charge is 0.469 e. The molecule has 0 saturated heterocycles. The minimum absolute atomic E-state index is 0.179. The second-order valence-corrected chi connectivity index (χ2v) is 8.15. The van der Waals surface area contributed by atoms with Crippen molar-refractivity contribution >= 4 is 50.9 Å². The van der Waals surface area contributed by atoms with E-state index in [-0.39, 0.29) is 5.97 Å². The molecule has 0 saturated carbocycles. The number of thioether (sulfide) groups is 1. The van der Waals surface area contributed by atoms with E-state index in [1.807, 2.05) is 24.3 Å². The van der Waals surface area contributed by atoms with E-state index in [4.69, 9.17) is 11.6 Å². The van der Waals surface area contributed by atoms with Gasteiger partial charge >= 0.3 is 5.97 Å². The van der Waals surface area contributed by atoms with Crippen molar-refractivity contribution in [2.24, 2.45) is 0 Å². The van der Waals surface area contributed by atoms with Crippen LogP contribution in [0.15, 0.2) is 35.6 Å². The Bertz CT molecular complexity index is 894. The first kappa shape index (κ1) is 18.2. The van der Waals surface area contributed by atoms with Crippen LogP contribution in [0.1, 0.15) is 17.7 Å². The van der Waals surface area contributed by atoms with Gasteiger partial charge in [0, 0.05) is 27.6 Å². The molecule has 0 aliphatic rings. The van der Waals surface area contributed by atoms with Gasteiger partial charge in [0.15, 0.2) is 0 Å². The smallest absolute Gasteiger partial charge is 0.305 e. The fourth-order valence-electron chi connectivity index (χ4n) is 2.58. The van der Waals surface area contributed by atoms with E-state index in [9.17, 15) is 4.79 Å². The lowest BCUT2D eigenvalue weighted by Crippen LogP contribution is -2.00. The molecule has 0 amide bonds. The van der Waals surface area contributed by atoms with E-state index in [1.54, 1.807) is 29.4 Å². The predicted octanol–water partition coefficient (Wildman–Crippen LogP) is 5.37. The molecule has 0 unspecified atom stereocenters. The third-order valence-corrected chi connectivity index (χ3v) is 6.10. The lowest BCUT2D eigenvalue weighted by molar-refractivity contribution is -0.140. The minimum Gasteiger partial charge on any atom is -0.469 e. The first-order chi connectivity index (χ1) is 12.1. The Hall–Kier alpha value is -1.63. The number of carbonyl (C=O) groups is 1. The molecule has 0 spiro atoms. The quantitative estimate of drug-likeness (QED) is 0.244. The highest BCUT2D eigenvalue weighted by molar-refractivity contribution is 7.99. The maximum absolute atomic E-state index is 11.2. The summed E-state index contributed by atoms with van der Waals surface area (Å²) in [6.07, 6.45) is 2.78. The lowest BCUT2D eigenvalue weighted by Gasteiger charge is -2.06. The normalized spacial score (nSPS) is 11.0. The average molecular weight is 393 g/mol. The van der Waals surface area contributed by atoms with Crippen LogP contribution in [0.5, 0.6) is 0 Å². The molecule has 3 rings (SSSR count). The van der Waals surface area contributed by atoms with Gasteiger partial charge in [0.2, 0.25) is 0 Å². The Morgan fingerprint density at radius 1 is 1.28 bits per heavy atom. The van der Waals surface area contributed by atoms with Gasteiger partial charge in [-0.3, -0.25) is 4.79 Å². The van der Waals surface area contributed by atoms with Crippen molar-refractivity contribution in [1.82, 2.24) is 9.97 Å². The molecule has 0 aliphatic carbocycles. The van der Waals surface area contributed by atoms with Gasteiger partial charge in [-0.25, -0.2) is 9.97 Å². The van der Waals surface area contributed by atoms with Crippen LogP contribution in [0.2, 0.25) is 5.02 Å². The van der Waals surface area contributed by atoms with Gasteiger partial charge < -0.3 is 4.74 Å². The average Bonchev–Trinajstić information content (AvgIpc) is 2.96. The van der Waals surface area contributed by atoms with Gasteiger partial charge in [0.25, 0.3) is 0 Å². The Morgan fingerprint density at radius 3 is 2.76 bits per heavy atom. The molecule has 2 heterocycles. The van der Waals surface area contributed by atoms with Gasteiger partial charge in [-0.05, 0) is 31.0 Å². The number of benzene rings is 1. The number of esters is 1. The predicted molar refractivity (Wildman–Crippen MR) is 105 cm³/mol. The fraction of sp³-hybridized carbons (Fsp3) is 0.278. The van der Waals surface area contributed by atoms with Crippen LogP contribution in [0.25, 0.3) is 21.3 Å². The van der Waals surface area contributed by atoms with Crippen molar-refractivity contribution in [3.05, 3.63) is 40.5 Å². The third-order valence-electron chi connectivity index (χ3n) is 3.75. The van der Waals surface area contributed by atoms with Crippen LogP contribution in [-0.4, -0.2) is 28.8 Å². The monoisotopic (exact) mass is 392 g/mol. The number of ether oxygens (including phenoxy) is 1. The van der Waals surface area contributed by atoms with Crippen molar-refractivity contribution in [1.29, 1.82) is 0 Å². The molecule has 3 aromatic rings. The number of methoxy groups -OCH3 is 1. The third kappa shape index (κ3) is 4.14. The van der Waals surface area contributed by atoms with Crippen LogP contribution in [-0.2, 0) is 9.53 Å². The van der Waals surface area contributed by atoms with Gasteiger partial charge in [0.1, 0.15) is 16.2 Å². The summed E-state index contributed by atoms with van der Waals surface area (Å²) in [6, 6.07) is 7.84. The molecular weight excluding hydrogens is 376 g/mol. The summed E-state index contributed by atoms with van der Waals surface area (Å²) in [4.78, 5) is 22.3. The molecule has 0 fully saturated rings. The highest BCUT2D eigenvalue weighted by atomic mass is 35.5. The molecule has 0 radical (unpaired) electrons. The number of nitrogens with zero attached hydrogens (tertiary/aromatic N) is 2. The zero-order valence-electron chi connectivity index (χ0n) is 13.9. The van der Waals surface area contributed by atoms with Gasteiger partial charge in [0.05, 0.1) is 12.5 Å². The van der Waals surface area contributed by atoms with Gasteiger partial charge in [-0.1, -0.05) is 23.7 Å².